The first-order valence-corrected chi connectivity index (χ1v) is 5.87. The van der Waals surface area contributed by atoms with Crippen LogP contribution in [0.15, 0.2) is 34.3 Å². The third kappa shape index (κ3) is 2.17. The van der Waals surface area contributed by atoms with Crippen molar-refractivity contribution in [3.63, 3.8) is 0 Å². The number of aromatic amines is 1. The fourth-order valence-electron chi connectivity index (χ4n) is 1.45. The second-order valence-corrected chi connectivity index (χ2v) is 5.03. The number of benzene rings is 1. The molecule has 0 bridgehead atoms. The highest BCUT2D eigenvalue weighted by Gasteiger charge is 2.04. The van der Waals surface area contributed by atoms with Crippen LogP contribution in [-0.2, 0) is 6.54 Å². The number of H-pyrrole nitrogens is 1. The van der Waals surface area contributed by atoms with E-state index in [2.05, 4.69) is 27.5 Å². The zero-order chi connectivity index (χ0) is 11.0. The molecule has 0 unspecified atom stereocenters. The van der Waals surface area contributed by atoms with Crippen LogP contribution in [0.25, 0.3) is 11.0 Å². The molecule has 0 radical (unpaired) electrons. The summed E-state index contributed by atoms with van der Waals surface area (Å²) in [4.78, 5) is 3.12. The molecule has 0 fully saturated rings. The van der Waals surface area contributed by atoms with E-state index < -0.39 is 0 Å². The summed E-state index contributed by atoms with van der Waals surface area (Å²) in [5.41, 5.74) is 2.03. The Morgan fingerprint density at radius 3 is 3.00 bits per heavy atom. The van der Waals surface area contributed by atoms with Gasteiger partial charge in [-0.1, -0.05) is 34.1 Å². The van der Waals surface area contributed by atoms with E-state index in [1.165, 1.54) is 0 Å². The van der Waals surface area contributed by atoms with Crippen LogP contribution >= 0.6 is 39.7 Å². The van der Waals surface area contributed by atoms with Crippen molar-refractivity contribution in [2.45, 2.75) is 6.54 Å². The maximum absolute atomic E-state index is 5.79. The Labute approximate surface area is 106 Å². The minimum absolute atomic E-state index is 0.525. The molecular formula is C10H8BrClN2S. The van der Waals surface area contributed by atoms with E-state index in [-0.39, 0.29) is 0 Å². The molecule has 0 amide bonds. The first-order chi connectivity index (χ1) is 7.08. The molecule has 0 saturated heterocycles. The number of fused-ring (bicyclic) bond motifs is 1. The Kier molecular flexibility index (Phi) is 3.00. The van der Waals surface area contributed by atoms with Crippen LogP contribution < -0.4 is 0 Å². The molecule has 0 aliphatic heterocycles. The Hall–Kier alpha value is -0.580. The van der Waals surface area contributed by atoms with Gasteiger partial charge in [0.2, 0.25) is 0 Å². The Balaban J connectivity index is 2.70. The van der Waals surface area contributed by atoms with E-state index in [1.54, 1.807) is 0 Å². The van der Waals surface area contributed by atoms with Crippen LogP contribution in [0.1, 0.15) is 0 Å². The number of imidazole rings is 1. The smallest absolute Gasteiger partial charge is 0.178 e. The average Bonchev–Trinajstić information content (AvgIpc) is 2.43. The summed E-state index contributed by atoms with van der Waals surface area (Å²) in [6, 6.07) is 5.94. The van der Waals surface area contributed by atoms with Gasteiger partial charge < -0.3 is 9.55 Å². The number of rotatable bonds is 2. The summed E-state index contributed by atoms with van der Waals surface area (Å²) in [5, 5.41) is 0.562. The minimum Gasteiger partial charge on any atom is -0.331 e. The minimum atomic E-state index is 0.525. The van der Waals surface area contributed by atoms with Crippen LogP contribution in [0, 0.1) is 4.77 Å². The molecule has 5 heteroatoms. The number of halogens is 2. The first kappa shape index (κ1) is 10.9. The summed E-state index contributed by atoms with van der Waals surface area (Å²) in [6.07, 6.45) is 0. The normalized spacial score (nSPS) is 10.8. The van der Waals surface area contributed by atoms with Gasteiger partial charge >= 0.3 is 0 Å². The maximum Gasteiger partial charge on any atom is 0.178 e. The molecule has 1 aromatic heterocycles. The first-order valence-electron chi connectivity index (χ1n) is 4.29. The van der Waals surface area contributed by atoms with E-state index in [0.717, 1.165) is 15.5 Å². The standard InChI is InChI=1S/C10H8BrClN2S/c1-6(12)5-14-9-4-7(11)2-3-8(9)13-10(14)15/h2-4H,1,5H2,(H,13,15). The van der Waals surface area contributed by atoms with Crippen LogP contribution in [0.3, 0.4) is 0 Å². The monoisotopic (exact) mass is 302 g/mol. The predicted octanol–water partition coefficient (Wildman–Crippen LogP) is 4.21. The fraction of sp³-hybridized carbons (Fsp3) is 0.100. The second-order valence-electron chi connectivity index (χ2n) is 3.20. The Bertz CT molecular complexity index is 585. The number of nitrogens with one attached hydrogen (secondary N) is 1. The van der Waals surface area contributed by atoms with Crippen molar-refractivity contribution in [2.75, 3.05) is 0 Å². The van der Waals surface area contributed by atoms with Gasteiger partial charge in [0.05, 0.1) is 17.6 Å². The Morgan fingerprint density at radius 2 is 2.33 bits per heavy atom. The SMILES string of the molecule is C=C(Cl)Cn1c(=S)[nH]c2ccc(Br)cc21. The van der Waals surface area contributed by atoms with Crippen molar-refractivity contribution >= 4 is 50.8 Å². The van der Waals surface area contributed by atoms with Gasteiger partial charge in [-0.15, -0.1) is 0 Å². The van der Waals surface area contributed by atoms with Gasteiger partial charge in [-0.3, -0.25) is 0 Å². The largest absolute Gasteiger partial charge is 0.331 e. The zero-order valence-electron chi connectivity index (χ0n) is 7.76. The number of allylic oxidation sites excluding steroid dienone is 1. The van der Waals surface area contributed by atoms with Gasteiger partial charge in [-0.25, -0.2) is 0 Å². The van der Waals surface area contributed by atoms with Crippen molar-refractivity contribution < 1.29 is 0 Å². The molecule has 78 valence electrons. The molecule has 1 N–H and O–H groups in total. The maximum atomic E-state index is 5.79. The zero-order valence-corrected chi connectivity index (χ0v) is 10.9. The summed E-state index contributed by atoms with van der Waals surface area (Å²) in [5.74, 6) is 0. The molecular weight excluding hydrogens is 296 g/mol. The quantitative estimate of drug-likeness (QED) is 0.824. The number of nitrogens with zero attached hydrogens (tertiary/aromatic N) is 1. The van der Waals surface area contributed by atoms with Crippen molar-refractivity contribution in [3.8, 4) is 0 Å². The van der Waals surface area contributed by atoms with Crippen molar-refractivity contribution in [1.82, 2.24) is 9.55 Å². The lowest BCUT2D eigenvalue weighted by Crippen LogP contribution is -1.96. The Morgan fingerprint density at radius 1 is 1.60 bits per heavy atom. The van der Waals surface area contributed by atoms with Crippen LogP contribution in [-0.4, -0.2) is 9.55 Å². The van der Waals surface area contributed by atoms with Gasteiger partial charge in [0.25, 0.3) is 0 Å². The molecule has 2 aromatic rings. The number of hydrogen-bond donors (Lipinski definition) is 1. The van der Waals surface area contributed by atoms with Gasteiger partial charge in [-0.05, 0) is 30.4 Å². The number of aromatic nitrogens is 2. The van der Waals surface area contributed by atoms with Crippen molar-refractivity contribution in [1.29, 1.82) is 0 Å². The highest BCUT2D eigenvalue weighted by atomic mass is 79.9. The molecule has 1 heterocycles. The van der Waals surface area contributed by atoms with Crippen molar-refractivity contribution in [3.05, 3.63) is 39.1 Å². The summed E-state index contributed by atoms with van der Waals surface area (Å²) < 4.78 is 3.59. The lowest BCUT2D eigenvalue weighted by atomic mass is 10.3. The second kappa shape index (κ2) is 4.12. The van der Waals surface area contributed by atoms with E-state index in [1.807, 2.05) is 22.8 Å². The third-order valence-electron chi connectivity index (χ3n) is 2.07. The third-order valence-corrected chi connectivity index (χ3v) is 3.00. The molecule has 0 aliphatic rings. The van der Waals surface area contributed by atoms with Gasteiger partial charge in [0.15, 0.2) is 4.77 Å². The summed E-state index contributed by atoms with van der Waals surface area (Å²) in [7, 11) is 0. The predicted molar refractivity (Wildman–Crippen MR) is 69.8 cm³/mol. The topological polar surface area (TPSA) is 20.7 Å². The average molecular weight is 304 g/mol. The molecule has 2 rings (SSSR count). The number of hydrogen-bond acceptors (Lipinski definition) is 1. The lowest BCUT2D eigenvalue weighted by molar-refractivity contribution is 0.825. The molecule has 2 nitrogen and oxygen atoms in total. The molecule has 15 heavy (non-hydrogen) atoms. The summed E-state index contributed by atoms with van der Waals surface area (Å²) >= 11 is 14.4. The van der Waals surface area contributed by atoms with Gasteiger partial charge in [-0.2, -0.15) is 0 Å². The van der Waals surface area contributed by atoms with Crippen LogP contribution in [0.2, 0.25) is 0 Å². The van der Waals surface area contributed by atoms with Crippen LogP contribution in [0.5, 0.6) is 0 Å². The molecule has 0 saturated carbocycles. The fourth-order valence-corrected chi connectivity index (χ4v) is 2.20. The van der Waals surface area contributed by atoms with E-state index in [4.69, 9.17) is 23.8 Å². The van der Waals surface area contributed by atoms with Crippen LogP contribution in [0.4, 0.5) is 0 Å². The lowest BCUT2D eigenvalue weighted by Gasteiger charge is -2.02. The molecule has 0 atom stereocenters. The van der Waals surface area contributed by atoms with E-state index >= 15 is 0 Å². The van der Waals surface area contributed by atoms with E-state index in [9.17, 15) is 0 Å². The molecule has 0 aliphatic carbocycles. The van der Waals surface area contributed by atoms with Crippen molar-refractivity contribution in [2.24, 2.45) is 0 Å². The van der Waals surface area contributed by atoms with E-state index in [0.29, 0.717) is 16.3 Å². The van der Waals surface area contributed by atoms with Gasteiger partial charge in [0, 0.05) is 9.51 Å². The molecule has 1 aromatic carbocycles. The molecule has 0 spiro atoms. The highest BCUT2D eigenvalue weighted by Crippen LogP contribution is 2.20. The highest BCUT2D eigenvalue weighted by molar-refractivity contribution is 9.10. The summed E-state index contributed by atoms with van der Waals surface area (Å²) in [6.45, 7) is 4.20. The van der Waals surface area contributed by atoms with Gasteiger partial charge in [0.1, 0.15) is 0 Å².